The maximum Gasteiger partial charge on any atom is 0.251 e. The summed E-state index contributed by atoms with van der Waals surface area (Å²) < 4.78 is 52.8. The Morgan fingerprint density at radius 1 is 1.00 bits per heavy atom. The molecule has 0 aliphatic rings. The molecule has 0 unspecified atom stereocenters. The number of hydrogen-bond acceptors (Lipinski definition) is 3. The Kier molecular flexibility index (Phi) is 5.87. The van der Waals surface area contributed by atoms with Crippen molar-refractivity contribution in [1.29, 1.82) is 0 Å². The largest absolute Gasteiger partial charge is 0.351 e. The van der Waals surface area contributed by atoms with Crippen molar-refractivity contribution < 1.29 is 22.0 Å². The number of benzene rings is 2. The molecule has 9 heteroatoms. The van der Waals surface area contributed by atoms with E-state index < -0.39 is 32.5 Å². The minimum absolute atomic E-state index is 0.0588. The van der Waals surface area contributed by atoms with Gasteiger partial charge >= 0.3 is 0 Å². The Bertz CT molecular complexity index is 822. The van der Waals surface area contributed by atoms with Crippen molar-refractivity contribution >= 4 is 27.5 Å². The first-order chi connectivity index (χ1) is 11.3. The molecule has 0 aromatic heterocycles. The number of carbonyl (C=O) groups excluding carboxylic acids is 1. The number of amides is 1. The van der Waals surface area contributed by atoms with Gasteiger partial charge in [0.25, 0.3) is 5.91 Å². The highest BCUT2D eigenvalue weighted by Gasteiger charge is 2.23. The quantitative estimate of drug-likeness (QED) is 0.762. The molecule has 0 saturated heterocycles. The van der Waals surface area contributed by atoms with E-state index >= 15 is 0 Å². The molecule has 0 radical (unpaired) electrons. The minimum atomic E-state index is -4.36. The van der Waals surface area contributed by atoms with Crippen LogP contribution in [0.2, 0.25) is 5.02 Å². The van der Waals surface area contributed by atoms with Gasteiger partial charge in [0.15, 0.2) is 4.90 Å². The van der Waals surface area contributed by atoms with Crippen LogP contribution in [0.3, 0.4) is 0 Å². The average molecular weight is 375 g/mol. The van der Waals surface area contributed by atoms with Gasteiger partial charge < -0.3 is 5.32 Å². The molecule has 2 aromatic rings. The first kappa shape index (κ1) is 18.3. The fourth-order valence-electron chi connectivity index (χ4n) is 1.88. The molecule has 0 heterocycles. The van der Waals surface area contributed by atoms with Crippen LogP contribution in [0.15, 0.2) is 47.4 Å². The summed E-state index contributed by atoms with van der Waals surface area (Å²) in [6, 6.07) is 8.86. The van der Waals surface area contributed by atoms with Crippen molar-refractivity contribution in [2.75, 3.05) is 13.1 Å². The van der Waals surface area contributed by atoms with Gasteiger partial charge in [-0.15, -0.1) is 0 Å². The first-order valence-corrected chi connectivity index (χ1v) is 8.65. The molecule has 5 nitrogen and oxygen atoms in total. The second-order valence-corrected chi connectivity index (χ2v) is 6.85. The van der Waals surface area contributed by atoms with Crippen LogP contribution < -0.4 is 10.0 Å². The number of rotatable bonds is 6. The van der Waals surface area contributed by atoms with Crippen molar-refractivity contribution in [3.63, 3.8) is 0 Å². The van der Waals surface area contributed by atoms with Crippen LogP contribution in [0.4, 0.5) is 8.78 Å². The summed E-state index contributed by atoms with van der Waals surface area (Å²) in [5.74, 6) is -2.80. The van der Waals surface area contributed by atoms with Crippen LogP contribution >= 0.6 is 11.6 Å². The second-order valence-electron chi connectivity index (χ2n) is 4.71. The normalized spacial score (nSPS) is 11.3. The van der Waals surface area contributed by atoms with Gasteiger partial charge in [-0.1, -0.05) is 17.7 Å². The Morgan fingerprint density at radius 2 is 1.58 bits per heavy atom. The van der Waals surface area contributed by atoms with E-state index in [1.54, 1.807) is 12.1 Å². The summed E-state index contributed by atoms with van der Waals surface area (Å²) in [4.78, 5) is 10.8. The fraction of sp³-hybridized carbons (Fsp3) is 0.133. The third kappa shape index (κ3) is 4.50. The van der Waals surface area contributed by atoms with Gasteiger partial charge in [0.05, 0.1) is 0 Å². The number of nitrogens with one attached hydrogen (secondary N) is 2. The maximum atomic E-state index is 13.5. The number of halogens is 3. The third-order valence-corrected chi connectivity index (χ3v) is 4.76. The topological polar surface area (TPSA) is 75.3 Å². The predicted octanol–water partition coefficient (Wildman–Crippen LogP) is 2.33. The van der Waals surface area contributed by atoms with Gasteiger partial charge in [-0.2, -0.15) is 0 Å². The molecule has 24 heavy (non-hydrogen) atoms. The number of hydrogen-bond donors (Lipinski definition) is 2. The maximum absolute atomic E-state index is 13.5. The van der Waals surface area contributed by atoms with Gasteiger partial charge in [-0.3, -0.25) is 4.79 Å². The Labute approximate surface area is 142 Å². The lowest BCUT2D eigenvalue weighted by atomic mass is 10.2. The first-order valence-electron chi connectivity index (χ1n) is 6.79. The molecule has 2 aromatic carbocycles. The molecule has 0 aliphatic carbocycles. The van der Waals surface area contributed by atoms with Crippen molar-refractivity contribution in [2.45, 2.75) is 4.90 Å². The van der Waals surface area contributed by atoms with E-state index in [1.807, 2.05) is 4.72 Å². The lowest BCUT2D eigenvalue weighted by Gasteiger charge is -2.09. The van der Waals surface area contributed by atoms with E-state index in [9.17, 15) is 22.0 Å². The van der Waals surface area contributed by atoms with E-state index in [4.69, 9.17) is 11.6 Å². The minimum Gasteiger partial charge on any atom is -0.351 e. The zero-order valence-corrected chi connectivity index (χ0v) is 13.8. The molecule has 0 fully saturated rings. The van der Waals surface area contributed by atoms with E-state index in [1.165, 1.54) is 12.1 Å². The summed E-state index contributed by atoms with van der Waals surface area (Å²) in [5.41, 5.74) is 0.349. The summed E-state index contributed by atoms with van der Waals surface area (Å²) in [7, 11) is -4.36. The Morgan fingerprint density at radius 3 is 2.17 bits per heavy atom. The van der Waals surface area contributed by atoms with E-state index in [2.05, 4.69) is 5.32 Å². The standard InChI is InChI=1S/C15H13ClF2N2O3S/c16-11-6-4-10(5-7-11)15(21)19-8-9-20-24(22,23)14-12(17)2-1-3-13(14)18/h1-7,20H,8-9H2,(H,19,21). The molecule has 0 aliphatic heterocycles. The highest BCUT2D eigenvalue weighted by Crippen LogP contribution is 2.17. The van der Waals surface area contributed by atoms with Crippen LogP contribution in [-0.4, -0.2) is 27.4 Å². The molecule has 2 N–H and O–H groups in total. The molecule has 128 valence electrons. The zero-order chi connectivity index (χ0) is 17.7. The van der Waals surface area contributed by atoms with Gasteiger partial charge in [-0.05, 0) is 36.4 Å². The molecular formula is C15H13ClF2N2O3S. The van der Waals surface area contributed by atoms with Gasteiger partial charge in [-0.25, -0.2) is 21.9 Å². The van der Waals surface area contributed by atoms with Crippen molar-refractivity contribution in [3.05, 3.63) is 64.7 Å². The fourth-order valence-corrected chi connectivity index (χ4v) is 3.17. The lowest BCUT2D eigenvalue weighted by molar-refractivity contribution is 0.0954. The summed E-state index contributed by atoms with van der Waals surface area (Å²) in [6.07, 6.45) is 0. The highest BCUT2D eigenvalue weighted by molar-refractivity contribution is 7.89. The van der Waals surface area contributed by atoms with Crippen LogP contribution in [-0.2, 0) is 10.0 Å². The van der Waals surface area contributed by atoms with Crippen LogP contribution in [0.1, 0.15) is 10.4 Å². The summed E-state index contributed by atoms with van der Waals surface area (Å²) in [6.45, 7) is -0.286. The van der Waals surface area contributed by atoms with E-state index in [0.29, 0.717) is 10.6 Å². The lowest BCUT2D eigenvalue weighted by Crippen LogP contribution is -2.35. The molecule has 0 atom stereocenters. The van der Waals surface area contributed by atoms with Gasteiger partial charge in [0.1, 0.15) is 11.6 Å². The van der Waals surface area contributed by atoms with Crippen LogP contribution in [0.5, 0.6) is 0 Å². The monoisotopic (exact) mass is 374 g/mol. The Balaban J connectivity index is 1.92. The third-order valence-electron chi connectivity index (χ3n) is 3.00. The SMILES string of the molecule is O=C(NCCNS(=O)(=O)c1c(F)cccc1F)c1ccc(Cl)cc1. The molecule has 0 spiro atoms. The smallest absolute Gasteiger partial charge is 0.251 e. The predicted molar refractivity (Wildman–Crippen MR) is 85.3 cm³/mol. The second kappa shape index (κ2) is 7.69. The molecule has 2 rings (SSSR count). The van der Waals surface area contributed by atoms with E-state index in [-0.39, 0.29) is 13.1 Å². The molecule has 1 amide bonds. The molecule has 0 saturated carbocycles. The summed E-state index contributed by atoms with van der Waals surface area (Å²) >= 11 is 5.71. The zero-order valence-electron chi connectivity index (χ0n) is 12.2. The highest BCUT2D eigenvalue weighted by atomic mass is 35.5. The van der Waals surface area contributed by atoms with Gasteiger partial charge in [0.2, 0.25) is 10.0 Å². The van der Waals surface area contributed by atoms with Crippen molar-refractivity contribution in [2.24, 2.45) is 0 Å². The molecule has 0 bridgehead atoms. The van der Waals surface area contributed by atoms with Crippen LogP contribution in [0, 0.1) is 11.6 Å². The number of carbonyl (C=O) groups is 1. The Hall–Kier alpha value is -2.03. The van der Waals surface area contributed by atoms with Gasteiger partial charge in [0, 0.05) is 23.7 Å². The van der Waals surface area contributed by atoms with Crippen molar-refractivity contribution in [1.82, 2.24) is 10.0 Å². The van der Waals surface area contributed by atoms with Crippen LogP contribution in [0.25, 0.3) is 0 Å². The average Bonchev–Trinajstić information content (AvgIpc) is 2.51. The summed E-state index contributed by atoms with van der Waals surface area (Å²) in [5, 5.41) is 2.95. The van der Waals surface area contributed by atoms with Crippen molar-refractivity contribution in [3.8, 4) is 0 Å². The molecular weight excluding hydrogens is 362 g/mol. The van der Waals surface area contributed by atoms with E-state index in [0.717, 1.165) is 18.2 Å². The number of sulfonamides is 1.